The van der Waals surface area contributed by atoms with Crippen molar-refractivity contribution in [2.24, 2.45) is 0 Å². The van der Waals surface area contributed by atoms with Crippen LogP contribution >= 0.6 is 0 Å². The molecule has 1 rings (SSSR count). The average Bonchev–Trinajstić information content (AvgIpc) is 2.77. The van der Waals surface area contributed by atoms with Crippen LogP contribution in [-0.4, -0.2) is 56.1 Å². The average molecular weight is 630 g/mol. The fraction of sp³-hybridized carbons (Fsp3) is 0.542. The summed E-state index contributed by atoms with van der Waals surface area (Å²) in [5.41, 5.74) is 1.65. The van der Waals surface area contributed by atoms with Crippen molar-refractivity contribution in [2.45, 2.75) is 58.4 Å². The molecule has 3 amide bonds. The maximum atomic E-state index is 11.8. The van der Waals surface area contributed by atoms with E-state index in [2.05, 4.69) is 16.0 Å². The third-order valence-corrected chi connectivity index (χ3v) is 4.51. The molecule has 0 atom stereocenters. The predicted octanol–water partition coefficient (Wildman–Crippen LogP) is -2.57. The van der Waals surface area contributed by atoms with E-state index < -0.39 is 0 Å². The molecule has 11 heteroatoms. The van der Waals surface area contributed by atoms with Gasteiger partial charge in [0.1, 0.15) is 17.9 Å². The quantitative estimate of drug-likeness (QED) is 0.108. The largest absolute Gasteiger partial charge is 1.00 e. The van der Waals surface area contributed by atoms with Crippen molar-refractivity contribution < 1.29 is 145 Å². The van der Waals surface area contributed by atoms with Gasteiger partial charge in [-0.3, -0.25) is 14.4 Å². The zero-order valence-corrected chi connectivity index (χ0v) is 31.0. The first-order valence-corrected chi connectivity index (χ1v) is 11.2. The second kappa shape index (κ2) is 24.9. The molecular weight excluding hydrogens is 597 g/mol. The molecule has 0 aliphatic rings. The van der Waals surface area contributed by atoms with Crippen molar-refractivity contribution in [3.05, 3.63) is 46.0 Å². The van der Waals surface area contributed by atoms with Crippen molar-refractivity contribution in [1.82, 2.24) is 5.32 Å². The summed E-state index contributed by atoms with van der Waals surface area (Å²) in [6.45, 7) is 2.62. The second-order valence-corrected chi connectivity index (χ2v) is 7.66. The van der Waals surface area contributed by atoms with Crippen molar-refractivity contribution in [3.8, 4) is 0 Å². The van der Waals surface area contributed by atoms with Crippen molar-refractivity contribution in [3.63, 3.8) is 0 Å². The molecule has 1 N–H and O–H groups in total. The molecule has 0 aromatic heterocycles. The minimum Gasteiger partial charge on any atom is -0.648 e. The van der Waals surface area contributed by atoms with Gasteiger partial charge in [-0.1, -0.05) is 49.2 Å². The number of ketones is 2. The number of hydrogen-bond acceptors (Lipinski definition) is 6. The van der Waals surface area contributed by atoms with Gasteiger partial charge in [-0.15, -0.1) is 6.54 Å². The van der Waals surface area contributed by atoms with E-state index in [0.717, 1.165) is 36.7 Å². The van der Waals surface area contributed by atoms with Gasteiger partial charge in [0.2, 0.25) is 0 Å². The molecule has 0 unspecified atom stereocenters. The number of nitrogens with one attached hydrogen (secondary N) is 1. The molecule has 0 fully saturated rings. The fourth-order valence-corrected chi connectivity index (χ4v) is 2.84. The Bertz CT molecular complexity index is 775. The number of unbranched alkanes of at least 4 members (excludes halogenated alkanes) is 3. The summed E-state index contributed by atoms with van der Waals surface area (Å²) in [4.78, 5) is 56.2. The number of Topliss-reactive ketones (excluding diaryl/α,β-unsaturated/α-hetero) is 2. The molecule has 1 aromatic rings. The first kappa shape index (κ1) is 37.7. The van der Waals surface area contributed by atoms with E-state index in [1.165, 1.54) is 6.92 Å². The van der Waals surface area contributed by atoms with Crippen LogP contribution < -0.4 is 122 Å². The third-order valence-electron chi connectivity index (χ3n) is 4.51. The SMILES string of the molecule is CC(=O)CC(=O)Cc1ccc(C[N-]C(=O)COCCC[N-]C(=O)NCCCCCC=O)cc1.[Rb+].[Rb+]. The van der Waals surface area contributed by atoms with Crippen LogP contribution in [0.5, 0.6) is 0 Å². The zero-order chi connectivity index (χ0) is 24.3. The monoisotopic (exact) mass is 629 g/mol. The van der Waals surface area contributed by atoms with E-state index in [1.807, 2.05) is 0 Å². The van der Waals surface area contributed by atoms with Gasteiger partial charge >= 0.3 is 116 Å². The number of carbonyl (C=O) groups excluding carboxylic acids is 5. The Kier molecular flexibility index (Phi) is 26.8. The Hall–Kier alpha value is 0.540. The molecule has 0 saturated carbocycles. The van der Waals surface area contributed by atoms with Gasteiger partial charge in [-0.2, -0.15) is 0 Å². The van der Waals surface area contributed by atoms with Gasteiger partial charge in [0.05, 0.1) is 18.9 Å². The van der Waals surface area contributed by atoms with Gasteiger partial charge in [-0.05, 0) is 31.9 Å². The van der Waals surface area contributed by atoms with E-state index in [4.69, 9.17) is 4.74 Å². The van der Waals surface area contributed by atoms with Crippen LogP contribution in [0.1, 0.15) is 56.6 Å². The standard InChI is InChI=1S/C24H35N3O6.2Rb/c1-19(29)15-22(30)16-20-7-9-21(10-8-20)17-27-23(31)18-33-14-6-12-26-24(32)25-11-4-2-3-5-13-28;;/h7-10,13H,2-6,11-12,14-18H2,1H3,(H3,25,26,27,31,32);;/q;2*+1/p-2. The number of rotatable bonds is 18. The van der Waals surface area contributed by atoms with Gasteiger partial charge in [0.25, 0.3) is 0 Å². The maximum absolute atomic E-state index is 11.8. The number of carbonyl (C=O) groups is 5. The molecule has 0 heterocycles. The van der Waals surface area contributed by atoms with Crippen LogP contribution in [0.3, 0.4) is 0 Å². The van der Waals surface area contributed by atoms with Crippen molar-refractivity contribution in [1.29, 1.82) is 0 Å². The minimum atomic E-state index is -0.375. The normalized spacial score (nSPS) is 9.74. The molecular formula is C24H33N3O6Rb2. The smallest absolute Gasteiger partial charge is 0.648 e. The fourth-order valence-electron chi connectivity index (χ4n) is 2.84. The summed E-state index contributed by atoms with van der Waals surface area (Å²) in [6, 6.07) is 6.80. The number of hydrogen-bond donors (Lipinski definition) is 1. The van der Waals surface area contributed by atoms with E-state index in [-0.39, 0.29) is 166 Å². The van der Waals surface area contributed by atoms with Crippen LogP contribution in [0.25, 0.3) is 10.6 Å². The van der Waals surface area contributed by atoms with Crippen LogP contribution in [-0.2, 0) is 36.9 Å². The van der Waals surface area contributed by atoms with E-state index >= 15 is 0 Å². The number of benzene rings is 1. The summed E-state index contributed by atoms with van der Waals surface area (Å²) in [6.07, 6.45) is 4.64. The molecule has 0 saturated heterocycles. The Labute approximate surface area is 305 Å². The summed E-state index contributed by atoms with van der Waals surface area (Å²) >= 11 is 0. The molecule has 0 aliphatic heterocycles. The Morgan fingerprint density at radius 2 is 1.63 bits per heavy atom. The summed E-state index contributed by atoms with van der Waals surface area (Å²) in [5, 5.41) is 10.5. The number of ether oxygens (including phenoxy) is 1. The van der Waals surface area contributed by atoms with Gasteiger partial charge in [0, 0.05) is 19.4 Å². The van der Waals surface area contributed by atoms with Gasteiger partial charge in [-0.25, -0.2) is 0 Å². The number of aldehydes is 1. The molecule has 182 valence electrons. The van der Waals surface area contributed by atoms with E-state index in [0.29, 0.717) is 32.5 Å². The molecule has 0 bridgehead atoms. The first-order chi connectivity index (χ1) is 15.9. The molecule has 0 spiro atoms. The van der Waals surface area contributed by atoms with Crippen LogP contribution in [0.15, 0.2) is 24.3 Å². The molecule has 0 radical (unpaired) electrons. The topological polar surface area (TPSA) is 135 Å². The van der Waals surface area contributed by atoms with Crippen LogP contribution in [0, 0.1) is 0 Å². The molecule has 1 aromatic carbocycles. The van der Waals surface area contributed by atoms with Crippen LogP contribution in [0.4, 0.5) is 4.79 Å². The molecule has 35 heavy (non-hydrogen) atoms. The van der Waals surface area contributed by atoms with Crippen molar-refractivity contribution in [2.75, 3.05) is 26.3 Å². The Balaban J connectivity index is 0. The third kappa shape index (κ3) is 22.3. The van der Waals surface area contributed by atoms with E-state index in [9.17, 15) is 24.0 Å². The molecule has 9 nitrogen and oxygen atoms in total. The summed E-state index contributed by atoms with van der Waals surface area (Å²) in [7, 11) is 0. The Morgan fingerprint density at radius 1 is 0.943 bits per heavy atom. The maximum Gasteiger partial charge on any atom is 1.00 e. The van der Waals surface area contributed by atoms with E-state index in [1.54, 1.807) is 24.3 Å². The minimum absolute atomic E-state index is 0. The van der Waals surface area contributed by atoms with Gasteiger partial charge in [0.15, 0.2) is 6.03 Å². The number of nitrogens with zero attached hydrogens (tertiary/aromatic N) is 2. The number of urea groups is 1. The predicted molar refractivity (Wildman–Crippen MR) is 124 cm³/mol. The Morgan fingerprint density at radius 3 is 2.29 bits per heavy atom. The first-order valence-electron chi connectivity index (χ1n) is 11.2. The van der Waals surface area contributed by atoms with Gasteiger partial charge < -0.3 is 30.3 Å². The second-order valence-electron chi connectivity index (χ2n) is 7.66. The van der Waals surface area contributed by atoms with Crippen molar-refractivity contribution >= 4 is 29.8 Å². The zero-order valence-electron chi connectivity index (χ0n) is 21.2. The van der Waals surface area contributed by atoms with Crippen LogP contribution in [0.2, 0.25) is 0 Å². The summed E-state index contributed by atoms with van der Waals surface area (Å²) in [5.74, 6) is -0.645. The summed E-state index contributed by atoms with van der Waals surface area (Å²) < 4.78 is 5.27. The molecule has 0 aliphatic carbocycles. The number of amides is 3.